The number of phenols is 1. The van der Waals surface area contributed by atoms with Crippen molar-refractivity contribution in [2.45, 2.75) is 11.1 Å². The monoisotopic (exact) mass is 391 g/mol. The van der Waals surface area contributed by atoms with E-state index in [9.17, 15) is 14.7 Å². The van der Waals surface area contributed by atoms with Crippen molar-refractivity contribution in [1.82, 2.24) is 0 Å². The normalized spacial score (nSPS) is 13.6. The van der Waals surface area contributed by atoms with Crippen LogP contribution in [0.25, 0.3) is 0 Å². The maximum absolute atomic E-state index is 13.0. The Bertz CT molecular complexity index is 1070. The van der Waals surface area contributed by atoms with Crippen LogP contribution >= 0.6 is 11.8 Å². The number of hydrogen-bond acceptors (Lipinski definition) is 6. The van der Waals surface area contributed by atoms with Gasteiger partial charge in [0.25, 0.3) is 0 Å². The molecule has 1 unspecified atom stereocenters. The van der Waals surface area contributed by atoms with Gasteiger partial charge in [0.15, 0.2) is 17.8 Å². The lowest BCUT2D eigenvalue weighted by atomic mass is 9.83. The largest absolute Gasteiger partial charge is 0.507 e. The molecule has 0 saturated heterocycles. The second kappa shape index (κ2) is 7.50. The molecule has 0 heterocycles. The minimum Gasteiger partial charge on any atom is -0.507 e. The predicted octanol–water partition coefficient (Wildman–Crippen LogP) is 3.62. The number of fused-ring (bicyclic) bond motifs is 2. The first-order chi connectivity index (χ1) is 13.6. The van der Waals surface area contributed by atoms with E-state index in [2.05, 4.69) is 0 Å². The summed E-state index contributed by atoms with van der Waals surface area (Å²) < 4.78 is 5.80. The van der Waals surface area contributed by atoms with Gasteiger partial charge >= 0.3 is 0 Å². The summed E-state index contributed by atoms with van der Waals surface area (Å²) in [5.74, 6) is -0.359. The Morgan fingerprint density at radius 2 is 1.46 bits per heavy atom. The van der Waals surface area contributed by atoms with E-state index >= 15 is 0 Å². The summed E-state index contributed by atoms with van der Waals surface area (Å²) in [6.07, 6.45) is -0.695. The molecule has 1 aliphatic carbocycles. The first kappa shape index (κ1) is 18.3. The number of ether oxygens (including phenoxy) is 1. The average molecular weight is 391 g/mol. The van der Waals surface area contributed by atoms with Crippen molar-refractivity contribution >= 4 is 23.3 Å². The van der Waals surface area contributed by atoms with Crippen LogP contribution in [0.2, 0.25) is 0 Å². The van der Waals surface area contributed by atoms with Gasteiger partial charge in [0.1, 0.15) is 11.5 Å². The molecule has 4 rings (SSSR count). The Morgan fingerprint density at radius 3 is 2.14 bits per heavy atom. The van der Waals surface area contributed by atoms with Gasteiger partial charge < -0.3 is 9.84 Å². The van der Waals surface area contributed by atoms with Crippen molar-refractivity contribution in [2.75, 3.05) is 5.75 Å². The molecule has 0 aliphatic heterocycles. The average Bonchev–Trinajstić information content (AvgIpc) is 2.72. The molecular formula is C22H17NO4S. The van der Waals surface area contributed by atoms with Crippen LogP contribution in [0.1, 0.15) is 31.8 Å². The zero-order chi connectivity index (χ0) is 19.7. The van der Waals surface area contributed by atoms with Crippen LogP contribution < -0.4 is 10.5 Å². The van der Waals surface area contributed by atoms with Crippen LogP contribution in [0, 0.1) is 0 Å². The van der Waals surface area contributed by atoms with Crippen LogP contribution in [0.4, 0.5) is 0 Å². The van der Waals surface area contributed by atoms with Gasteiger partial charge in [-0.2, -0.15) is 0 Å². The molecule has 0 fully saturated rings. The van der Waals surface area contributed by atoms with Crippen LogP contribution in [0.3, 0.4) is 0 Å². The molecule has 3 aromatic carbocycles. The highest BCUT2D eigenvalue weighted by atomic mass is 32.2. The number of aromatic hydroxyl groups is 1. The number of phenolic OH excluding ortho intramolecular Hbond substituents is 1. The molecule has 3 aromatic rings. The van der Waals surface area contributed by atoms with E-state index in [1.54, 1.807) is 24.3 Å². The zero-order valence-corrected chi connectivity index (χ0v) is 15.6. The predicted molar refractivity (Wildman–Crippen MR) is 107 cm³/mol. The van der Waals surface area contributed by atoms with Gasteiger partial charge in [-0.15, -0.1) is 11.8 Å². The topological polar surface area (TPSA) is 89.6 Å². The van der Waals surface area contributed by atoms with Crippen LogP contribution in [-0.4, -0.2) is 28.7 Å². The molecule has 0 bridgehead atoms. The number of nitrogens with two attached hydrogens (primary N) is 1. The second-order valence-corrected chi connectivity index (χ2v) is 7.41. The SMILES string of the molecule is NC(CSc1ccccc1)Oc1ccc(O)c2c1C(=O)c1ccccc1C2=O. The van der Waals surface area contributed by atoms with Gasteiger partial charge in [0.05, 0.1) is 11.1 Å². The highest BCUT2D eigenvalue weighted by Crippen LogP contribution is 2.38. The standard InChI is InChI=1S/C22H17NO4S/c23-18(12-28-13-6-2-1-3-7-13)27-17-11-10-16(24)19-20(17)22(26)15-9-5-4-8-14(15)21(19)25/h1-11,18,24H,12,23H2. The fourth-order valence-electron chi connectivity index (χ4n) is 3.17. The molecule has 1 aliphatic rings. The van der Waals surface area contributed by atoms with E-state index in [0.29, 0.717) is 11.3 Å². The molecule has 6 heteroatoms. The van der Waals surface area contributed by atoms with E-state index in [1.807, 2.05) is 30.3 Å². The van der Waals surface area contributed by atoms with E-state index in [4.69, 9.17) is 10.5 Å². The van der Waals surface area contributed by atoms with Crippen molar-refractivity contribution in [1.29, 1.82) is 0 Å². The van der Waals surface area contributed by atoms with Gasteiger partial charge in [0.2, 0.25) is 0 Å². The van der Waals surface area contributed by atoms with E-state index in [0.717, 1.165) is 4.90 Å². The Morgan fingerprint density at radius 1 is 0.857 bits per heavy atom. The second-order valence-electron chi connectivity index (χ2n) is 6.32. The number of benzene rings is 3. The van der Waals surface area contributed by atoms with E-state index < -0.39 is 12.0 Å². The molecular weight excluding hydrogens is 374 g/mol. The summed E-state index contributed by atoms with van der Waals surface area (Å²) in [6.45, 7) is 0. The lowest BCUT2D eigenvalue weighted by molar-refractivity contribution is 0.0971. The number of rotatable bonds is 5. The number of hydrogen-bond donors (Lipinski definition) is 2. The third-order valence-corrected chi connectivity index (χ3v) is 5.55. The lowest BCUT2D eigenvalue weighted by Gasteiger charge is -2.23. The van der Waals surface area contributed by atoms with Gasteiger partial charge in [0, 0.05) is 21.8 Å². The Labute approximate surface area is 166 Å². The summed E-state index contributed by atoms with van der Waals surface area (Å²) in [4.78, 5) is 26.9. The van der Waals surface area contributed by atoms with Crippen LogP contribution in [-0.2, 0) is 0 Å². The number of ketones is 2. The first-order valence-corrected chi connectivity index (χ1v) is 9.69. The molecule has 0 spiro atoms. The maximum Gasteiger partial charge on any atom is 0.198 e. The minimum absolute atomic E-state index is 0.0379. The summed E-state index contributed by atoms with van der Waals surface area (Å²) >= 11 is 1.53. The fourth-order valence-corrected chi connectivity index (χ4v) is 3.94. The van der Waals surface area contributed by atoms with Crippen LogP contribution in [0.5, 0.6) is 11.5 Å². The third-order valence-electron chi connectivity index (χ3n) is 4.45. The van der Waals surface area contributed by atoms with Gasteiger partial charge in [-0.3, -0.25) is 15.3 Å². The molecule has 0 aromatic heterocycles. The van der Waals surface area contributed by atoms with Crippen LogP contribution in [0.15, 0.2) is 71.6 Å². The highest BCUT2D eigenvalue weighted by Gasteiger charge is 2.34. The number of thioether (sulfide) groups is 1. The molecule has 3 N–H and O–H groups in total. The summed E-state index contributed by atoms with van der Waals surface area (Å²) in [5, 5.41) is 10.2. The lowest BCUT2D eigenvalue weighted by Crippen LogP contribution is -2.31. The Hall–Kier alpha value is -3.09. The smallest absolute Gasteiger partial charge is 0.198 e. The van der Waals surface area contributed by atoms with Crippen molar-refractivity contribution in [3.63, 3.8) is 0 Å². The Balaban J connectivity index is 1.63. The minimum atomic E-state index is -0.695. The highest BCUT2D eigenvalue weighted by molar-refractivity contribution is 7.99. The Kier molecular flexibility index (Phi) is 4.90. The maximum atomic E-state index is 13.0. The molecule has 140 valence electrons. The fraction of sp³-hybridized carbons (Fsp3) is 0.0909. The van der Waals surface area contributed by atoms with E-state index in [-0.39, 0.29) is 34.0 Å². The molecule has 28 heavy (non-hydrogen) atoms. The summed E-state index contributed by atoms with van der Waals surface area (Å²) in [5.41, 5.74) is 6.69. The van der Waals surface area contributed by atoms with Gasteiger partial charge in [-0.25, -0.2) is 0 Å². The van der Waals surface area contributed by atoms with Gasteiger partial charge in [-0.05, 0) is 24.3 Å². The first-order valence-electron chi connectivity index (χ1n) is 8.70. The number of carbonyl (C=O) groups is 2. The number of carbonyl (C=O) groups excluding carboxylic acids is 2. The molecule has 0 saturated carbocycles. The van der Waals surface area contributed by atoms with Crippen molar-refractivity contribution in [3.8, 4) is 11.5 Å². The molecule has 5 nitrogen and oxygen atoms in total. The molecule has 1 atom stereocenters. The van der Waals surface area contributed by atoms with E-state index in [1.165, 1.54) is 23.9 Å². The van der Waals surface area contributed by atoms with Crippen molar-refractivity contribution in [3.05, 3.63) is 89.0 Å². The summed E-state index contributed by atoms with van der Waals surface area (Å²) in [7, 11) is 0. The van der Waals surface area contributed by atoms with Crippen molar-refractivity contribution < 1.29 is 19.4 Å². The third kappa shape index (κ3) is 3.28. The van der Waals surface area contributed by atoms with Crippen molar-refractivity contribution in [2.24, 2.45) is 5.73 Å². The van der Waals surface area contributed by atoms with Gasteiger partial charge in [-0.1, -0.05) is 42.5 Å². The molecule has 0 radical (unpaired) electrons. The quantitative estimate of drug-likeness (QED) is 0.399. The summed E-state index contributed by atoms with van der Waals surface area (Å²) in [6, 6.07) is 19.1. The molecule has 0 amide bonds. The zero-order valence-electron chi connectivity index (χ0n) is 14.8.